The quantitative estimate of drug-likeness (QED) is 0.381. The van der Waals surface area contributed by atoms with Gasteiger partial charge in [-0.3, -0.25) is 4.90 Å². The van der Waals surface area contributed by atoms with E-state index in [1.165, 1.54) is 41.8 Å². The van der Waals surface area contributed by atoms with Crippen molar-refractivity contribution in [1.82, 2.24) is 4.90 Å². The molecule has 3 aromatic carbocycles. The summed E-state index contributed by atoms with van der Waals surface area (Å²) in [5.74, 6) is 0.700. The molecule has 0 bridgehead atoms. The van der Waals surface area contributed by atoms with Gasteiger partial charge in [-0.05, 0) is 65.8 Å². The maximum absolute atomic E-state index is 2.79. The van der Waals surface area contributed by atoms with Crippen LogP contribution in [0.5, 0.6) is 0 Å². The van der Waals surface area contributed by atoms with Crippen LogP contribution >= 0.6 is 0 Å². The van der Waals surface area contributed by atoms with E-state index >= 15 is 0 Å². The maximum atomic E-state index is 2.79. The molecule has 0 amide bonds. The molecule has 1 fully saturated rings. The Hall–Kier alpha value is -2.58. The summed E-state index contributed by atoms with van der Waals surface area (Å²) >= 11 is 0. The number of nitrogens with zero attached hydrogens (tertiary/aromatic N) is 2. The highest BCUT2D eigenvalue weighted by molar-refractivity contribution is 5.49. The zero-order chi connectivity index (χ0) is 23.5. The van der Waals surface area contributed by atoms with Crippen molar-refractivity contribution < 1.29 is 0 Å². The molecule has 2 aliphatic rings. The van der Waals surface area contributed by atoms with Gasteiger partial charge in [-0.1, -0.05) is 93.6 Å². The third-order valence-corrected chi connectivity index (χ3v) is 8.08. The highest BCUT2D eigenvalue weighted by Gasteiger charge is 2.38. The molecule has 0 aromatic heterocycles. The number of anilines is 1. The second-order valence-corrected chi connectivity index (χ2v) is 11.5. The predicted octanol–water partition coefficient (Wildman–Crippen LogP) is 6.99. The second kappa shape index (κ2) is 9.96. The van der Waals surface area contributed by atoms with E-state index in [2.05, 4.69) is 116 Å². The number of para-hydroxylation sites is 1. The van der Waals surface area contributed by atoms with Crippen LogP contribution in [0.2, 0.25) is 0 Å². The lowest BCUT2D eigenvalue weighted by Crippen LogP contribution is -2.52. The third-order valence-electron chi connectivity index (χ3n) is 8.08. The van der Waals surface area contributed by atoms with Crippen molar-refractivity contribution in [3.05, 3.63) is 102 Å². The number of hydrogen-bond donors (Lipinski definition) is 0. The van der Waals surface area contributed by atoms with Gasteiger partial charge in [0, 0.05) is 37.4 Å². The number of piperidine rings is 1. The molecule has 3 aromatic rings. The lowest BCUT2D eigenvalue weighted by molar-refractivity contribution is 0.0134. The van der Waals surface area contributed by atoms with E-state index < -0.39 is 0 Å². The fourth-order valence-electron chi connectivity index (χ4n) is 6.73. The van der Waals surface area contributed by atoms with Gasteiger partial charge in [0.25, 0.3) is 0 Å². The Labute approximate surface area is 206 Å². The SMILES string of the molecule is CC1CC(C)(C)CN(Cc2ccccc2)C1CCN(c1ccccc1)C1Cc2ccccc2C1. The second-order valence-electron chi connectivity index (χ2n) is 11.5. The molecule has 1 aliphatic heterocycles. The molecule has 0 saturated carbocycles. The molecule has 2 unspecified atom stereocenters. The zero-order valence-corrected chi connectivity index (χ0v) is 21.2. The average molecular weight is 453 g/mol. The third kappa shape index (κ3) is 5.23. The molecular formula is C32H40N2. The van der Waals surface area contributed by atoms with Crippen LogP contribution in [-0.4, -0.2) is 30.1 Å². The normalized spacial score (nSPS) is 22.4. The van der Waals surface area contributed by atoms with Crippen LogP contribution in [0.4, 0.5) is 5.69 Å². The van der Waals surface area contributed by atoms with Gasteiger partial charge in [-0.25, -0.2) is 0 Å². The van der Waals surface area contributed by atoms with Crippen molar-refractivity contribution in [1.29, 1.82) is 0 Å². The summed E-state index contributed by atoms with van der Waals surface area (Å²) in [5, 5.41) is 0. The first-order valence-electron chi connectivity index (χ1n) is 13.1. The molecule has 178 valence electrons. The minimum absolute atomic E-state index is 0.372. The fourth-order valence-corrected chi connectivity index (χ4v) is 6.73. The van der Waals surface area contributed by atoms with Gasteiger partial charge < -0.3 is 4.90 Å². The van der Waals surface area contributed by atoms with Gasteiger partial charge in [0.1, 0.15) is 0 Å². The number of hydrogen-bond acceptors (Lipinski definition) is 2. The lowest BCUT2D eigenvalue weighted by Gasteiger charge is -2.48. The van der Waals surface area contributed by atoms with Gasteiger partial charge >= 0.3 is 0 Å². The molecule has 34 heavy (non-hydrogen) atoms. The Bertz CT molecular complexity index is 1030. The minimum atomic E-state index is 0.372. The van der Waals surface area contributed by atoms with E-state index in [0.717, 1.165) is 25.9 Å². The standard InChI is InChI=1S/C32H40N2/c1-25-22-32(2,3)24-33(23-26-12-6-4-7-13-26)31(25)18-19-34(29-16-8-5-9-17-29)30-20-27-14-10-11-15-28(27)21-30/h4-17,25,30-31H,18-24H2,1-3H3. The van der Waals surface area contributed by atoms with Crippen molar-refractivity contribution in [2.75, 3.05) is 18.0 Å². The molecule has 0 radical (unpaired) electrons. The van der Waals surface area contributed by atoms with Crippen LogP contribution in [0.25, 0.3) is 0 Å². The molecule has 5 rings (SSSR count). The number of benzene rings is 3. The summed E-state index contributed by atoms with van der Waals surface area (Å²) < 4.78 is 0. The maximum Gasteiger partial charge on any atom is 0.0370 e. The molecule has 0 N–H and O–H groups in total. The van der Waals surface area contributed by atoms with Gasteiger partial charge in [0.15, 0.2) is 0 Å². The first-order chi connectivity index (χ1) is 16.5. The van der Waals surface area contributed by atoms with Crippen LogP contribution in [0, 0.1) is 11.3 Å². The van der Waals surface area contributed by atoms with E-state index in [1.807, 2.05) is 0 Å². The van der Waals surface area contributed by atoms with Crippen molar-refractivity contribution >= 4 is 5.69 Å². The summed E-state index contributed by atoms with van der Waals surface area (Å²) in [6.45, 7) is 10.7. The smallest absolute Gasteiger partial charge is 0.0370 e. The van der Waals surface area contributed by atoms with E-state index in [0.29, 0.717) is 23.4 Å². The minimum Gasteiger partial charge on any atom is -0.368 e. The van der Waals surface area contributed by atoms with Crippen molar-refractivity contribution in [3.63, 3.8) is 0 Å². The first kappa shape index (κ1) is 23.2. The van der Waals surface area contributed by atoms with E-state index in [1.54, 1.807) is 0 Å². The van der Waals surface area contributed by atoms with Crippen LogP contribution in [0.3, 0.4) is 0 Å². The molecule has 2 atom stereocenters. The van der Waals surface area contributed by atoms with E-state index in [9.17, 15) is 0 Å². The Morgan fingerprint density at radius 2 is 1.41 bits per heavy atom. The Morgan fingerprint density at radius 3 is 2.06 bits per heavy atom. The van der Waals surface area contributed by atoms with E-state index in [-0.39, 0.29) is 0 Å². The van der Waals surface area contributed by atoms with E-state index in [4.69, 9.17) is 0 Å². The molecule has 1 saturated heterocycles. The molecule has 2 nitrogen and oxygen atoms in total. The lowest BCUT2D eigenvalue weighted by atomic mass is 9.74. The van der Waals surface area contributed by atoms with Gasteiger partial charge in [0.2, 0.25) is 0 Å². The number of rotatable bonds is 7. The highest BCUT2D eigenvalue weighted by atomic mass is 15.2. The number of likely N-dealkylation sites (tertiary alicyclic amines) is 1. The molecule has 1 heterocycles. The Morgan fingerprint density at radius 1 is 0.824 bits per heavy atom. The first-order valence-corrected chi connectivity index (χ1v) is 13.1. The summed E-state index contributed by atoms with van der Waals surface area (Å²) in [6, 6.07) is 32.4. The molecule has 2 heteroatoms. The van der Waals surface area contributed by atoms with Crippen LogP contribution in [0.1, 0.15) is 50.3 Å². The predicted molar refractivity (Wildman–Crippen MR) is 144 cm³/mol. The van der Waals surface area contributed by atoms with Crippen molar-refractivity contribution in [2.45, 2.75) is 65.1 Å². The highest BCUT2D eigenvalue weighted by Crippen LogP contribution is 2.38. The topological polar surface area (TPSA) is 6.48 Å². The van der Waals surface area contributed by atoms with Gasteiger partial charge in [0.05, 0.1) is 0 Å². The van der Waals surface area contributed by atoms with Crippen LogP contribution in [0.15, 0.2) is 84.9 Å². The Kier molecular flexibility index (Phi) is 6.79. The summed E-state index contributed by atoms with van der Waals surface area (Å²) in [7, 11) is 0. The van der Waals surface area contributed by atoms with Gasteiger partial charge in [-0.15, -0.1) is 0 Å². The summed E-state index contributed by atoms with van der Waals surface area (Å²) in [6.07, 6.45) is 4.84. The van der Waals surface area contributed by atoms with Crippen molar-refractivity contribution in [2.24, 2.45) is 11.3 Å². The number of fused-ring (bicyclic) bond motifs is 1. The summed E-state index contributed by atoms with van der Waals surface area (Å²) in [4.78, 5) is 5.50. The molecule has 1 aliphatic carbocycles. The zero-order valence-electron chi connectivity index (χ0n) is 21.2. The fraction of sp³-hybridized carbons (Fsp3) is 0.438. The Balaban J connectivity index is 1.35. The van der Waals surface area contributed by atoms with Crippen LogP contribution < -0.4 is 4.90 Å². The van der Waals surface area contributed by atoms with Crippen molar-refractivity contribution in [3.8, 4) is 0 Å². The van der Waals surface area contributed by atoms with Crippen LogP contribution in [-0.2, 0) is 19.4 Å². The largest absolute Gasteiger partial charge is 0.368 e. The van der Waals surface area contributed by atoms with Gasteiger partial charge in [-0.2, -0.15) is 0 Å². The average Bonchev–Trinajstić information content (AvgIpc) is 3.25. The molecular weight excluding hydrogens is 412 g/mol. The molecule has 0 spiro atoms. The summed E-state index contributed by atoms with van der Waals surface area (Å²) in [5.41, 5.74) is 6.25. The monoisotopic (exact) mass is 452 g/mol.